The van der Waals surface area contributed by atoms with Gasteiger partial charge in [-0.1, -0.05) is 42.5 Å². The summed E-state index contributed by atoms with van der Waals surface area (Å²) in [7, 11) is 1.90. The van der Waals surface area contributed by atoms with Crippen LogP contribution in [0.1, 0.15) is 24.8 Å². The Morgan fingerprint density at radius 2 is 1.88 bits per heavy atom. The van der Waals surface area contributed by atoms with E-state index in [0.717, 1.165) is 31.5 Å². The zero-order chi connectivity index (χ0) is 17.8. The summed E-state index contributed by atoms with van der Waals surface area (Å²) in [6.07, 6.45) is 4.04. The number of likely N-dealkylation sites (tertiary alicyclic amines) is 2. The van der Waals surface area contributed by atoms with E-state index < -0.39 is 0 Å². The van der Waals surface area contributed by atoms with Crippen molar-refractivity contribution in [2.24, 2.45) is 10.9 Å². The minimum Gasteiger partial charge on any atom is -0.352 e. The van der Waals surface area contributed by atoms with Gasteiger partial charge in [0.05, 0.1) is 0 Å². The molecular formula is C22H30N4. The van der Waals surface area contributed by atoms with Crippen LogP contribution in [0.15, 0.2) is 47.5 Å². The first-order valence-corrected chi connectivity index (χ1v) is 9.98. The molecule has 0 saturated carbocycles. The second-order valence-corrected chi connectivity index (χ2v) is 7.65. The van der Waals surface area contributed by atoms with E-state index in [2.05, 4.69) is 62.6 Å². The number of nitrogens with one attached hydrogen (secondary N) is 1. The van der Waals surface area contributed by atoms with Crippen molar-refractivity contribution in [3.8, 4) is 0 Å². The number of fused-ring (bicyclic) bond motifs is 1. The highest BCUT2D eigenvalue weighted by Gasteiger charge is 2.27. The summed E-state index contributed by atoms with van der Waals surface area (Å²) >= 11 is 0. The topological polar surface area (TPSA) is 30.9 Å². The molecule has 4 heteroatoms. The van der Waals surface area contributed by atoms with E-state index in [1.54, 1.807) is 0 Å². The van der Waals surface area contributed by atoms with Gasteiger partial charge < -0.3 is 15.1 Å². The Morgan fingerprint density at radius 3 is 2.73 bits per heavy atom. The lowest BCUT2D eigenvalue weighted by Gasteiger charge is -2.23. The van der Waals surface area contributed by atoms with Gasteiger partial charge in [-0.3, -0.25) is 4.99 Å². The van der Waals surface area contributed by atoms with Crippen LogP contribution >= 0.6 is 0 Å². The van der Waals surface area contributed by atoms with Gasteiger partial charge in [0, 0.05) is 33.2 Å². The van der Waals surface area contributed by atoms with Crippen molar-refractivity contribution in [1.29, 1.82) is 0 Å². The first kappa shape index (κ1) is 17.3. The van der Waals surface area contributed by atoms with Crippen LogP contribution in [0.3, 0.4) is 0 Å². The standard InChI is InChI=1S/C22H30N4/c1-23-22(26-14-11-18(17-26)16-25-12-4-5-13-25)24-15-20-9-6-8-19-7-2-3-10-21(19)20/h2-3,6-10,18H,4-5,11-17H2,1H3,(H,23,24). The zero-order valence-corrected chi connectivity index (χ0v) is 15.8. The van der Waals surface area contributed by atoms with Crippen LogP contribution in [-0.2, 0) is 6.54 Å². The summed E-state index contributed by atoms with van der Waals surface area (Å²) in [5.41, 5.74) is 1.33. The molecule has 2 heterocycles. The lowest BCUT2D eigenvalue weighted by Crippen LogP contribution is -2.40. The fourth-order valence-electron chi connectivity index (χ4n) is 4.46. The second-order valence-electron chi connectivity index (χ2n) is 7.65. The lowest BCUT2D eigenvalue weighted by atomic mass is 10.0. The third kappa shape index (κ3) is 3.85. The molecule has 2 aliphatic heterocycles. The number of hydrogen-bond acceptors (Lipinski definition) is 2. The summed E-state index contributed by atoms with van der Waals surface area (Å²) in [4.78, 5) is 9.63. The van der Waals surface area contributed by atoms with E-state index in [1.807, 2.05) is 7.05 Å². The minimum absolute atomic E-state index is 0.782. The second kappa shape index (κ2) is 8.09. The molecule has 0 amide bonds. The molecule has 1 atom stereocenters. The summed E-state index contributed by atoms with van der Waals surface area (Å²) in [5.74, 6) is 1.83. The van der Waals surface area contributed by atoms with Gasteiger partial charge in [0.25, 0.3) is 0 Å². The van der Waals surface area contributed by atoms with Crippen molar-refractivity contribution in [2.45, 2.75) is 25.8 Å². The average molecular weight is 351 g/mol. The van der Waals surface area contributed by atoms with Crippen molar-refractivity contribution >= 4 is 16.7 Å². The maximum Gasteiger partial charge on any atom is 0.193 e. The number of aliphatic imine (C=N–C) groups is 1. The highest BCUT2D eigenvalue weighted by molar-refractivity contribution is 5.86. The van der Waals surface area contributed by atoms with Gasteiger partial charge in [0.2, 0.25) is 0 Å². The molecule has 2 aliphatic rings. The molecule has 138 valence electrons. The lowest BCUT2D eigenvalue weighted by molar-refractivity contribution is 0.281. The van der Waals surface area contributed by atoms with Crippen LogP contribution in [0.5, 0.6) is 0 Å². The Hall–Kier alpha value is -2.07. The van der Waals surface area contributed by atoms with Gasteiger partial charge in [0.1, 0.15) is 0 Å². The van der Waals surface area contributed by atoms with E-state index in [-0.39, 0.29) is 0 Å². The monoisotopic (exact) mass is 350 g/mol. The molecule has 2 saturated heterocycles. The van der Waals surface area contributed by atoms with Crippen LogP contribution in [-0.4, -0.2) is 55.5 Å². The van der Waals surface area contributed by atoms with Gasteiger partial charge in [0.15, 0.2) is 5.96 Å². The molecule has 0 bridgehead atoms. The molecule has 4 rings (SSSR count). The molecule has 0 aromatic heterocycles. The third-order valence-electron chi connectivity index (χ3n) is 5.83. The van der Waals surface area contributed by atoms with Crippen molar-refractivity contribution in [1.82, 2.24) is 15.1 Å². The van der Waals surface area contributed by atoms with E-state index in [4.69, 9.17) is 0 Å². The van der Waals surface area contributed by atoms with E-state index in [0.29, 0.717) is 0 Å². The maximum absolute atomic E-state index is 4.55. The van der Waals surface area contributed by atoms with E-state index in [1.165, 1.54) is 55.2 Å². The Labute approximate surface area is 156 Å². The zero-order valence-electron chi connectivity index (χ0n) is 15.8. The highest BCUT2D eigenvalue weighted by Crippen LogP contribution is 2.21. The minimum atomic E-state index is 0.782. The molecule has 2 aromatic carbocycles. The highest BCUT2D eigenvalue weighted by atomic mass is 15.3. The molecule has 4 nitrogen and oxygen atoms in total. The molecular weight excluding hydrogens is 320 g/mol. The summed E-state index contributed by atoms with van der Waals surface area (Å²) < 4.78 is 0. The van der Waals surface area contributed by atoms with Crippen molar-refractivity contribution in [2.75, 3.05) is 39.8 Å². The normalized spacial score (nSPS) is 21.7. The SMILES string of the molecule is CN=C(NCc1cccc2ccccc12)N1CCC(CN2CCCC2)C1. The van der Waals surface area contributed by atoms with Gasteiger partial charge in [-0.05, 0) is 54.6 Å². The molecule has 0 aliphatic carbocycles. The largest absolute Gasteiger partial charge is 0.352 e. The molecule has 0 radical (unpaired) electrons. The Morgan fingerprint density at radius 1 is 1.08 bits per heavy atom. The van der Waals surface area contributed by atoms with Crippen LogP contribution in [0.2, 0.25) is 0 Å². The summed E-state index contributed by atoms with van der Waals surface area (Å²) in [5, 5.41) is 6.22. The number of hydrogen-bond donors (Lipinski definition) is 1. The van der Waals surface area contributed by atoms with E-state index >= 15 is 0 Å². The van der Waals surface area contributed by atoms with Gasteiger partial charge >= 0.3 is 0 Å². The Bertz CT molecular complexity index is 758. The predicted molar refractivity (Wildman–Crippen MR) is 110 cm³/mol. The fourth-order valence-corrected chi connectivity index (χ4v) is 4.46. The summed E-state index contributed by atoms with van der Waals surface area (Å²) in [6, 6.07) is 15.1. The van der Waals surface area contributed by atoms with Crippen molar-refractivity contribution in [3.63, 3.8) is 0 Å². The molecule has 2 fully saturated rings. The first-order valence-electron chi connectivity index (χ1n) is 9.98. The van der Waals surface area contributed by atoms with Crippen molar-refractivity contribution < 1.29 is 0 Å². The molecule has 26 heavy (non-hydrogen) atoms. The van der Waals surface area contributed by atoms with Gasteiger partial charge in [-0.2, -0.15) is 0 Å². The molecule has 0 spiro atoms. The van der Waals surface area contributed by atoms with Crippen LogP contribution in [0.25, 0.3) is 10.8 Å². The van der Waals surface area contributed by atoms with Crippen LogP contribution in [0, 0.1) is 5.92 Å². The number of nitrogens with zero attached hydrogens (tertiary/aromatic N) is 3. The number of rotatable bonds is 4. The Kier molecular flexibility index (Phi) is 5.40. The fraction of sp³-hybridized carbons (Fsp3) is 0.500. The average Bonchev–Trinajstić information content (AvgIpc) is 3.35. The Balaban J connectivity index is 1.36. The van der Waals surface area contributed by atoms with Crippen LogP contribution in [0.4, 0.5) is 0 Å². The predicted octanol–water partition coefficient (Wildman–Crippen LogP) is 3.33. The van der Waals surface area contributed by atoms with Crippen molar-refractivity contribution in [3.05, 3.63) is 48.0 Å². The molecule has 2 aromatic rings. The summed E-state index contributed by atoms with van der Waals surface area (Å²) in [6.45, 7) is 6.92. The number of benzene rings is 2. The first-order chi connectivity index (χ1) is 12.8. The molecule has 1 unspecified atom stereocenters. The number of guanidine groups is 1. The van der Waals surface area contributed by atoms with Gasteiger partial charge in [-0.15, -0.1) is 0 Å². The van der Waals surface area contributed by atoms with Crippen LogP contribution < -0.4 is 5.32 Å². The van der Waals surface area contributed by atoms with E-state index in [9.17, 15) is 0 Å². The smallest absolute Gasteiger partial charge is 0.193 e. The maximum atomic E-state index is 4.55. The quantitative estimate of drug-likeness (QED) is 0.678. The van der Waals surface area contributed by atoms with Gasteiger partial charge in [-0.25, -0.2) is 0 Å². The molecule has 1 N–H and O–H groups in total. The third-order valence-corrected chi connectivity index (χ3v) is 5.83.